The van der Waals surface area contributed by atoms with Crippen molar-refractivity contribution in [1.29, 1.82) is 0 Å². The second kappa shape index (κ2) is 6.63. The number of nitrogens with two attached hydrogens (primary N) is 1. The van der Waals surface area contributed by atoms with Crippen molar-refractivity contribution in [1.82, 2.24) is 0 Å². The number of carboxylic acid groups (broad SMARTS) is 1. The molecule has 0 aliphatic rings. The van der Waals surface area contributed by atoms with Gasteiger partial charge >= 0.3 is 5.97 Å². The van der Waals surface area contributed by atoms with E-state index in [1.807, 2.05) is 0 Å². The summed E-state index contributed by atoms with van der Waals surface area (Å²) in [5, 5.41) is 8.83. The zero-order valence-corrected chi connectivity index (χ0v) is 12.5. The summed E-state index contributed by atoms with van der Waals surface area (Å²) in [5.74, 6) is 0.222. The summed E-state index contributed by atoms with van der Waals surface area (Å²) in [6.07, 6.45) is -0.218. The van der Waals surface area contributed by atoms with Crippen LogP contribution in [0.3, 0.4) is 0 Å². The average Bonchev–Trinajstić information content (AvgIpc) is 2.35. The Morgan fingerprint density at radius 2 is 1.89 bits per heavy atom. The van der Waals surface area contributed by atoms with Crippen LogP contribution in [0.25, 0.3) is 0 Å². The molecule has 0 aromatic heterocycles. The molecule has 3 N–H and O–H groups in total. The van der Waals surface area contributed by atoms with Crippen LogP contribution in [-0.2, 0) is 4.79 Å². The van der Waals surface area contributed by atoms with Gasteiger partial charge in [0.1, 0.15) is 0 Å². The molecule has 0 saturated carbocycles. The van der Waals surface area contributed by atoms with Crippen LogP contribution < -0.4 is 19.9 Å². The Bertz CT molecular complexity index is 478. The van der Waals surface area contributed by atoms with E-state index >= 15 is 0 Å². The van der Waals surface area contributed by atoms with Crippen molar-refractivity contribution < 1.29 is 24.1 Å². The van der Waals surface area contributed by atoms with Gasteiger partial charge in [-0.2, -0.15) is 0 Å². The summed E-state index contributed by atoms with van der Waals surface area (Å²) in [4.78, 5) is 10.8. The summed E-state index contributed by atoms with van der Waals surface area (Å²) >= 11 is 3.34. The van der Waals surface area contributed by atoms with E-state index in [0.29, 0.717) is 27.3 Å². The second-order valence-electron chi connectivity index (χ2n) is 3.75. The molecule has 7 heteroatoms. The van der Waals surface area contributed by atoms with E-state index in [0.717, 1.165) is 0 Å². The normalized spacial score (nSPS) is 11.8. The molecule has 19 heavy (non-hydrogen) atoms. The van der Waals surface area contributed by atoms with Crippen LogP contribution in [0.15, 0.2) is 10.5 Å². The number of hydrogen-bond acceptors (Lipinski definition) is 5. The zero-order chi connectivity index (χ0) is 14.6. The molecular weight excluding hydrogens is 318 g/mol. The Labute approximate surface area is 119 Å². The molecule has 1 aromatic carbocycles. The minimum Gasteiger partial charge on any atom is -0.493 e. The van der Waals surface area contributed by atoms with E-state index in [9.17, 15) is 4.79 Å². The molecule has 6 nitrogen and oxygen atoms in total. The zero-order valence-electron chi connectivity index (χ0n) is 10.9. The van der Waals surface area contributed by atoms with Crippen LogP contribution in [0.5, 0.6) is 17.2 Å². The summed E-state index contributed by atoms with van der Waals surface area (Å²) < 4.78 is 16.3. The first-order valence-corrected chi connectivity index (χ1v) is 6.21. The van der Waals surface area contributed by atoms with E-state index in [1.54, 1.807) is 6.07 Å². The Hall–Kier alpha value is -1.47. The van der Waals surface area contributed by atoms with Crippen molar-refractivity contribution in [3.63, 3.8) is 0 Å². The molecule has 0 amide bonds. The molecule has 0 saturated heterocycles. The second-order valence-corrected chi connectivity index (χ2v) is 4.60. The van der Waals surface area contributed by atoms with Crippen LogP contribution in [0.1, 0.15) is 18.0 Å². The maximum atomic E-state index is 10.8. The number of benzene rings is 1. The highest BCUT2D eigenvalue weighted by atomic mass is 79.9. The van der Waals surface area contributed by atoms with Crippen molar-refractivity contribution in [2.24, 2.45) is 5.73 Å². The van der Waals surface area contributed by atoms with E-state index in [-0.39, 0.29) is 6.42 Å². The van der Waals surface area contributed by atoms with E-state index in [1.165, 1.54) is 21.3 Å². The predicted octanol–water partition coefficient (Wildman–Crippen LogP) is 1.95. The van der Waals surface area contributed by atoms with E-state index in [2.05, 4.69) is 15.9 Å². The van der Waals surface area contributed by atoms with Crippen molar-refractivity contribution in [3.8, 4) is 17.2 Å². The standard InChI is InChI=1S/C12H16BrNO5/c1-17-8-4-6(13)10(7(14)5-9(15)16)12(19-3)11(8)18-2/h4,7H,5,14H2,1-3H3,(H,15,16). The molecule has 0 heterocycles. The lowest BCUT2D eigenvalue weighted by Gasteiger charge is -2.20. The molecule has 0 fully saturated rings. The average molecular weight is 334 g/mol. The molecule has 0 aliphatic carbocycles. The first-order valence-electron chi connectivity index (χ1n) is 5.41. The van der Waals surface area contributed by atoms with Gasteiger partial charge in [0.15, 0.2) is 11.5 Å². The van der Waals surface area contributed by atoms with Crippen LogP contribution >= 0.6 is 15.9 Å². The summed E-state index contributed by atoms with van der Waals surface area (Å²) in [5.41, 5.74) is 6.43. The number of carboxylic acids is 1. The van der Waals surface area contributed by atoms with Gasteiger partial charge < -0.3 is 25.1 Å². The van der Waals surface area contributed by atoms with E-state index in [4.69, 9.17) is 25.1 Å². The quantitative estimate of drug-likeness (QED) is 0.826. The van der Waals surface area contributed by atoms with Gasteiger partial charge in [-0.05, 0) is 6.07 Å². The lowest BCUT2D eigenvalue weighted by atomic mass is 10.0. The van der Waals surface area contributed by atoms with Gasteiger partial charge in [-0.3, -0.25) is 4.79 Å². The van der Waals surface area contributed by atoms with Crippen LogP contribution in [0, 0.1) is 0 Å². The highest BCUT2D eigenvalue weighted by molar-refractivity contribution is 9.10. The fraction of sp³-hybridized carbons (Fsp3) is 0.417. The molecule has 0 bridgehead atoms. The Kier molecular flexibility index (Phi) is 5.44. The third-order valence-electron chi connectivity index (χ3n) is 2.58. The molecule has 0 radical (unpaired) electrons. The van der Waals surface area contributed by atoms with Crippen LogP contribution in [-0.4, -0.2) is 32.4 Å². The first kappa shape index (κ1) is 15.6. The molecular formula is C12H16BrNO5. The maximum Gasteiger partial charge on any atom is 0.305 e. The first-order chi connectivity index (χ1) is 8.96. The smallest absolute Gasteiger partial charge is 0.305 e. The van der Waals surface area contributed by atoms with Crippen molar-refractivity contribution >= 4 is 21.9 Å². The molecule has 106 valence electrons. The third-order valence-corrected chi connectivity index (χ3v) is 3.24. The monoisotopic (exact) mass is 333 g/mol. The van der Waals surface area contributed by atoms with Crippen molar-refractivity contribution in [2.45, 2.75) is 12.5 Å². The highest BCUT2D eigenvalue weighted by Gasteiger charge is 2.25. The highest BCUT2D eigenvalue weighted by Crippen LogP contribution is 2.46. The predicted molar refractivity (Wildman–Crippen MR) is 73.0 cm³/mol. The third kappa shape index (κ3) is 3.30. The Morgan fingerprint density at radius 3 is 2.32 bits per heavy atom. The number of ether oxygens (including phenoxy) is 3. The number of carbonyl (C=O) groups is 1. The SMILES string of the molecule is COc1cc(Br)c(C(N)CC(=O)O)c(OC)c1OC. The van der Waals surface area contributed by atoms with Crippen LogP contribution in [0.2, 0.25) is 0 Å². The van der Waals surface area contributed by atoms with Gasteiger partial charge in [-0.15, -0.1) is 0 Å². The largest absolute Gasteiger partial charge is 0.493 e. The van der Waals surface area contributed by atoms with Crippen molar-refractivity contribution in [2.75, 3.05) is 21.3 Å². The molecule has 1 atom stereocenters. The lowest BCUT2D eigenvalue weighted by Crippen LogP contribution is -2.17. The minimum atomic E-state index is -0.990. The topological polar surface area (TPSA) is 91.0 Å². The summed E-state index contributed by atoms with van der Waals surface area (Å²) in [7, 11) is 4.43. The maximum absolute atomic E-state index is 10.8. The molecule has 0 aliphatic heterocycles. The van der Waals surface area contributed by atoms with Gasteiger partial charge in [0.25, 0.3) is 0 Å². The number of hydrogen-bond donors (Lipinski definition) is 2. The number of methoxy groups -OCH3 is 3. The van der Waals surface area contributed by atoms with Gasteiger partial charge in [-0.1, -0.05) is 15.9 Å². The summed E-state index contributed by atoms with van der Waals surface area (Å²) in [6.45, 7) is 0. The number of halogens is 1. The summed E-state index contributed by atoms with van der Waals surface area (Å²) in [6, 6.07) is 0.944. The molecule has 1 unspecified atom stereocenters. The van der Waals surface area contributed by atoms with Crippen molar-refractivity contribution in [3.05, 3.63) is 16.1 Å². The Morgan fingerprint density at radius 1 is 1.32 bits per heavy atom. The number of rotatable bonds is 6. The fourth-order valence-electron chi connectivity index (χ4n) is 1.78. The fourth-order valence-corrected chi connectivity index (χ4v) is 2.47. The lowest BCUT2D eigenvalue weighted by molar-refractivity contribution is -0.137. The van der Waals surface area contributed by atoms with Gasteiger partial charge in [0.05, 0.1) is 27.8 Å². The molecule has 0 spiro atoms. The number of aliphatic carboxylic acids is 1. The van der Waals surface area contributed by atoms with E-state index < -0.39 is 12.0 Å². The molecule has 1 rings (SSSR count). The van der Waals surface area contributed by atoms with Gasteiger partial charge in [0.2, 0.25) is 5.75 Å². The minimum absolute atomic E-state index is 0.218. The van der Waals surface area contributed by atoms with Gasteiger partial charge in [0, 0.05) is 16.1 Å². The van der Waals surface area contributed by atoms with Gasteiger partial charge in [-0.25, -0.2) is 0 Å². The van der Waals surface area contributed by atoms with Crippen LogP contribution in [0.4, 0.5) is 0 Å². The Balaban J connectivity index is 3.41. The molecule has 1 aromatic rings.